The topological polar surface area (TPSA) is 20.3 Å². The molecule has 0 radical (unpaired) electrons. The predicted octanol–water partition coefficient (Wildman–Crippen LogP) is 1.41. The van der Waals surface area contributed by atoms with Crippen molar-refractivity contribution >= 4 is 5.78 Å². The summed E-state index contributed by atoms with van der Waals surface area (Å²) in [5.41, 5.74) is 0. The van der Waals surface area contributed by atoms with Gasteiger partial charge in [-0.1, -0.05) is 6.92 Å². The van der Waals surface area contributed by atoms with E-state index in [1.54, 1.807) is 0 Å². The Bertz CT molecular complexity index is 206. The zero-order chi connectivity index (χ0) is 8.81. The number of hydrogen-bond acceptors (Lipinski definition) is 2. The van der Waals surface area contributed by atoms with Crippen molar-refractivity contribution in [3.63, 3.8) is 0 Å². The van der Waals surface area contributed by atoms with Crippen LogP contribution in [-0.4, -0.2) is 23.8 Å². The lowest BCUT2D eigenvalue weighted by molar-refractivity contribution is -0.113. The number of Topliss-reactive ketones (excluding diaryl/α,β-unsaturated/α-hetero) is 1. The minimum atomic E-state index is 0.0422. The van der Waals surface area contributed by atoms with Crippen molar-refractivity contribution in [2.45, 2.75) is 32.6 Å². The van der Waals surface area contributed by atoms with E-state index in [-0.39, 0.29) is 5.78 Å². The molecule has 0 amide bonds. The molecule has 0 N–H and O–H groups in total. The Hall–Kier alpha value is -0.970. The lowest BCUT2D eigenvalue weighted by atomic mass is 10.1. The molecule has 0 aliphatic carbocycles. The average Bonchev–Trinajstić information content (AvgIpc) is 2.16. The zero-order valence-corrected chi connectivity index (χ0v) is 7.60. The smallest absolute Gasteiger partial charge is 0.206 e. The Morgan fingerprint density at radius 3 is 2.58 bits per heavy atom. The van der Waals surface area contributed by atoms with E-state index in [0.29, 0.717) is 6.42 Å². The van der Waals surface area contributed by atoms with Crippen LogP contribution in [0.5, 0.6) is 0 Å². The first kappa shape index (κ1) is 9.12. The van der Waals surface area contributed by atoms with Gasteiger partial charge in [0.05, 0.1) is 0 Å². The number of ketones is 1. The highest BCUT2D eigenvalue weighted by Crippen LogP contribution is 2.06. The van der Waals surface area contributed by atoms with E-state index in [0.717, 1.165) is 13.1 Å². The second-order valence-electron chi connectivity index (χ2n) is 3.06. The third-order valence-corrected chi connectivity index (χ3v) is 2.03. The summed E-state index contributed by atoms with van der Waals surface area (Å²) in [6, 6.07) is 2.91. The van der Waals surface area contributed by atoms with Gasteiger partial charge in [-0.2, -0.15) is 0 Å². The molecule has 2 nitrogen and oxygen atoms in total. The first-order chi connectivity index (χ1) is 5.83. The summed E-state index contributed by atoms with van der Waals surface area (Å²) in [6.45, 7) is 3.90. The molecule has 0 aromatic rings. The third-order valence-electron chi connectivity index (χ3n) is 2.03. The summed E-state index contributed by atoms with van der Waals surface area (Å²) in [6.07, 6.45) is 4.27. The van der Waals surface area contributed by atoms with E-state index in [4.69, 9.17) is 0 Å². The Morgan fingerprint density at radius 2 is 2.00 bits per heavy atom. The van der Waals surface area contributed by atoms with Crippen LogP contribution in [0, 0.1) is 12.0 Å². The van der Waals surface area contributed by atoms with Crippen molar-refractivity contribution in [3.8, 4) is 12.0 Å². The van der Waals surface area contributed by atoms with Gasteiger partial charge in [0.15, 0.2) is 0 Å². The molecule has 0 spiro atoms. The highest BCUT2D eigenvalue weighted by molar-refractivity contribution is 5.95. The van der Waals surface area contributed by atoms with Crippen LogP contribution >= 0.6 is 0 Å². The molecule has 0 unspecified atom stereocenters. The van der Waals surface area contributed by atoms with Gasteiger partial charge in [-0.25, -0.2) is 0 Å². The first-order valence-electron chi connectivity index (χ1n) is 4.62. The minimum absolute atomic E-state index is 0.0422. The molecule has 0 atom stereocenters. The van der Waals surface area contributed by atoms with Gasteiger partial charge in [0, 0.05) is 25.6 Å². The second kappa shape index (κ2) is 4.82. The Morgan fingerprint density at radius 1 is 1.33 bits per heavy atom. The lowest BCUT2D eigenvalue weighted by Gasteiger charge is -2.21. The van der Waals surface area contributed by atoms with Gasteiger partial charge in [-0.3, -0.25) is 4.79 Å². The van der Waals surface area contributed by atoms with E-state index in [9.17, 15) is 4.79 Å². The van der Waals surface area contributed by atoms with Gasteiger partial charge >= 0.3 is 0 Å². The van der Waals surface area contributed by atoms with E-state index in [2.05, 4.69) is 16.9 Å². The van der Waals surface area contributed by atoms with Crippen molar-refractivity contribution in [2.24, 2.45) is 0 Å². The fraction of sp³-hybridized carbons (Fsp3) is 0.700. The Kier molecular flexibility index (Phi) is 3.66. The second-order valence-corrected chi connectivity index (χ2v) is 3.06. The lowest BCUT2D eigenvalue weighted by Crippen LogP contribution is -2.24. The number of carbonyl (C=O) groups is 1. The molecule has 0 saturated carbocycles. The summed E-state index contributed by atoms with van der Waals surface area (Å²) in [5.74, 6) is 2.68. The van der Waals surface area contributed by atoms with Crippen LogP contribution < -0.4 is 0 Å². The van der Waals surface area contributed by atoms with E-state index >= 15 is 0 Å². The fourth-order valence-corrected chi connectivity index (χ4v) is 1.24. The normalized spacial score (nSPS) is 16.6. The number of likely N-dealkylation sites (tertiary alicyclic amines) is 1. The third kappa shape index (κ3) is 2.96. The molecule has 0 aromatic carbocycles. The summed E-state index contributed by atoms with van der Waals surface area (Å²) >= 11 is 0. The molecular weight excluding hydrogens is 150 g/mol. The van der Waals surface area contributed by atoms with Crippen LogP contribution in [0.1, 0.15) is 32.6 Å². The Balaban J connectivity index is 2.35. The fourth-order valence-electron chi connectivity index (χ4n) is 1.24. The number of nitrogens with zero attached hydrogens (tertiary/aromatic N) is 1. The molecule has 0 aromatic heterocycles. The van der Waals surface area contributed by atoms with Gasteiger partial charge in [0.25, 0.3) is 0 Å². The summed E-state index contributed by atoms with van der Waals surface area (Å²) in [5, 5.41) is 0. The van der Waals surface area contributed by atoms with Gasteiger partial charge in [-0.15, -0.1) is 0 Å². The maximum atomic E-state index is 10.9. The van der Waals surface area contributed by atoms with Gasteiger partial charge in [0.2, 0.25) is 5.78 Å². The number of hydrogen-bond donors (Lipinski definition) is 0. The Labute approximate surface area is 73.9 Å². The van der Waals surface area contributed by atoms with Gasteiger partial charge in [-0.05, 0) is 25.2 Å². The maximum absolute atomic E-state index is 10.9. The predicted molar refractivity (Wildman–Crippen MR) is 48.5 cm³/mol. The van der Waals surface area contributed by atoms with Crippen molar-refractivity contribution in [3.05, 3.63) is 0 Å². The highest BCUT2D eigenvalue weighted by atomic mass is 16.1. The molecule has 1 fully saturated rings. The molecular formula is C10H15NO. The molecule has 12 heavy (non-hydrogen) atoms. The van der Waals surface area contributed by atoms with Crippen LogP contribution in [0.15, 0.2) is 0 Å². The van der Waals surface area contributed by atoms with E-state index < -0.39 is 0 Å². The summed E-state index contributed by atoms with van der Waals surface area (Å²) in [7, 11) is 0. The van der Waals surface area contributed by atoms with Crippen LogP contribution in [0.3, 0.4) is 0 Å². The summed E-state index contributed by atoms with van der Waals surface area (Å²) < 4.78 is 0. The van der Waals surface area contributed by atoms with Crippen LogP contribution in [0.25, 0.3) is 0 Å². The van der Waals surface area contributed by atoms with Crippen LogP contribution in [-0.2, 0) is 4.79 Å². The summed E-state index contributed by atoms with van der Waals surface area (Å²) in [4.78, 5) is 12.9. The maximum Gasteiger partial charge on any atom is 0.206 e. The molecule has 1 rings (SSSR count). The van der Waals surface area contributed by atoms with Crippen LogP contribution in [0.4, 0.5) is 0 Å². The molecule has 0 bridgehead atoms. The highest BCUT2D eigenvalue weighted by Gasteiger charge is 2.05. The molecule has 1 aliphatic heterocycles. The quantitative estimate of drug-likeness (QED) is 0.547. The minimum Gasteiger partial charge on any atom is -0.332 e. The zero-order valence-electron chi connectivity index (χ0n) is 7.60. The number of piperidine rings is 1. The molecule has 1 aliphatic rings. The molecule has 1 saturated heterocycles. The van der Waals surface area contributed by atoms with E-state index in [1.807, 2.05) is 6.92 Å². The standard InChI is InChI=1S/C10H15NO/c1-2-10(12)6-9-11-7-4-3-5-8-11/h2-5,7-8H2,1H3. The van der Waals surface area contributed by atoms with Crippen molar-refractivity contribution < 1.29 is 4.79 Å². The number of rotatable bonds is 1. The monoisotopic (exact) mass is 165 g/mol. The van der Waals surface area contributed by atoms with Crippen LogP contribution in [0.2, 0.25) is 0 Å². The molecule has 1 heterocycles. The van der Waals surface area contributed by atoms with Crippen molar-refractivity contribution in [1.29, 1.82) is 0 Å². The first-order valence-corrected chi connectivity index (χ1v) is 4.62. The average molecular weight is 165 g/mol. The molecule has 2 heteroatoms. The number of carbonyl (C=O) groups excluding carboxylic acids is 1. The molecule has 66 valence electrons. The van der Waals surface area contributed by atoms with Crippen molar-refractivity contribution in [1.82, 2.24) is 4.90 Å². The largest absolute Gasteiger partial charge is 0.332 e. The van der Waals surface area contributed by atoms with Gasteiger partial charge < -0.3 is 4.90 Å². The van der Waals surface area contributed by atoms with E-state index in [1.165, 1.54) is 19.3 Å². The van der Waals surface area contributed by atoms with Crippen molar-refractivity contribution in [2.75, 3.05) is 13.1 Å². The SMILES string of the molecule is CCC(=O)C#CN1CCCCC1. The van der Waals surface area contributed by atoms with Gasteiger partial charge in [0.1, 0.15) is 0 Å².